The highest BCUT2D eigenvalue weighted by Gasteiger charge is 2.47. The summed E-state index contributed by atoms with van der Waals surface area (Å²) in [4.78, 5) is 31.9. The zero-order valence-electron chi connectivity index (χ0n) is 24.0. The Morgan fingerprint density at radius 1 is 1.00 bits per heavy atom. The Balaban J connectivity index is 1.19. The molecule has 0 spiro atoms. The predicted molar refractivity (Wildman–Crippen MR) is 169 cm³/mol. The van der Waals surface area contributed by atoms with E-state index in [0.29, 0.717) is 43.2 Å². The molecule has 2 amide bonds. The van der Waals surface area contributed by atoms with E-state index in [1.165, 1.54) is 0 Å². The molecule has 9 nitrogen and oxygen atoms in total. The maximum absolute atomic E-state index is 14.1. The second-order valence-corrected chi connectivity index (χ2v) is 13.8. The molecule has 3 unspecified atom stereocenters. The van der Waals surface area contributed by atoms with E-state index in [-0.39, 0.29) is 23.9 Å². The maximum Gasteiger partial charge on any atom is 0.245 e. The number of rotatable bonds is 9. The van der Waals surface area contributed by atoms with Crippen LogP contribution in [0.1, 0.15) is 35.6 Å². The van der Waals surface area contributed by atoms with Gasteiger partial charge in [-0.1, -0.05) is 60.1 Å². The van der Waals surface area contributed by atoms with Crippen molar-refractivity contribution in [2.75, 3.05) is 35.5 Å². The zero-order valence-corrected chi connectivity index (χ0v) is 25.6. The molecular formula is C32H36ClN5O4S. The fraction of sp³-hybridized carbons (Fsp3) is 0.375. The van der Waals surface area contributed by atoms with E-state index in [2.05, 4.69) is 26.3 Å². The van der Waals surface area contributed by atoms with Crippen LogP contribution in [0, 0.1) is 0 Å². The lowest BCUT2D eigenvalue weighted by Gasteiger charge is -2.38. The first-order valence-electron chi connectivity index (χ1n) is 14.7. The number of nitrogens with one attached hydrogen (secondary N) is 3. The molecule has 2 saturated heterocycles. The number of amides is 2. The molecule has 3 N–H and O–H groups in total. The van der Waals surface area contributed by atoms with Crippen molar-refractivity contribution in [1.29, 1.82) is 0 Å². The Bertz CT molecular complexity index is 1620. The van der Waals surface area contributed by atoms with Gasteiger partial charge in [-0.2, -0.15) is 0 Å². The van der Waals surface area contributed by atoms with Crippen molar-refractivity contribution in [2.45, 2.75) is 49.9 Å². The summed E-state index contributed by atoms with van der Waals surface area (Å²) < 4.78 is 26.6. The summed E-state index contributed by atoms with van der Waals surface area (Å²) in [6, 6.07) is 21.7. The summed E-state index contributed by atoms with van der Waals surface area (Å²) in [7, 11) is -3.44. The van der Waals surface area contributed by atoms with Gasteiger partial charge in [0.2, 0.25) is 21.8 Å². The molecule has 0 radical (unpaired) electrons. The Labute approximate surface area is 257 Å². The van der Waals surface area contributed by atoms with E-state index in [0.717, 1.165) is 41.5 Å². The average molecular weight is 622 g/mol. The van der Waals surface area contributed by atoms with Crippen LogP contribution in [0.2, 0.25) is 5.02 Å². The van der Waals surface area contributed by atoms with Crippen LogP contribution in [0.15, 0.2) is 72.8 Å². The number of para-hydroxylation sites is 2. The lowest BCUT2D eigenvalue weighted by atomic mass is 9.93. The molecule has 226 valence electrons. The summed E-state index contributed by atoms with van der Waals surface area (Å²) in [5.74, 6) is -0.283. The summed E-state index contributed by atoms with van der Waals surface area (Å²) in [5, 5.41) is 7.10. The molecule has 3 aromatic rings. The minimum atomic E-state index is -3.44. The monoisotopic (exact) mass is 621 g/mol. The fourth-order valence-electron chi connectivity index (χ4n) is 6.66. The number of hydrogen-bond donors (Lipinski definition) is 3. The number of hydrogen-bond acceptors (Lipinski definition) is 6. The number of anilines is 2. The lowest BCUT2D eigenvalue weighted by Crippen LogP contribution is -2.56. The summed E-state index contributed by atoms with van der Waals surface area (Å²) in [6.45, 7) is 1.79. The van der Waals surface area contributed by atoms with Crippen LogP contribution in [0.3, 0.4) is 0 Å². The maximum atomic E-state index is 14.1. The number of likely N-dealkylation sites (tertiary alicyclic amines) is 1. The van der Waals surface area contributed by atoms with Crippen LogP contribution in [-0.2, 0) is 32.5 Å². The van der Waals surface area contributed by atoms with Gasteiger partial charge in [0, 0.05) is 30.7 Å². The van der Waals surface area contributed by atoms with E-state index in [1.54, 1.807) is 12.1 Å². The molecule has 0 aliphatic carbocycles. The van der Waals surface area contributed by atoms with Gasteiger partial charge in [-0.3, -0.25) is 14.3 Å². The molecule has 43 heavy (non-hydrogen) atoms. The third kappa shape index (κ3) is 6.51. The number of carbonyl (C=O) groups is 2. The van der Waals surface area contributed by atoms with Gasteiger partial charge in [0.15, 0.2) is 0 Å². The Hall–Kier alpha value is -3.60. The molecule has 4 atom stereocenters. The van der Waals surface area contributed by atoms with Crippen molar-refractivity contribution in [3.8, 4) is 0 Å². The van der Waals surface area contributed by atoms with Crippen molar-refractivity contribution >= 4 is 44.8 Å². The number of sulfonamides is 1. The highest BCUT2D eigenvalue weighted by atomic mass is 35.5. The standard InChI is InChI=1S/C32H36ClN5O4S/c1-43(41,42)36-27-8-4-5-9-29(27)37-19-25-18-24(37)20-38(25)32(40)28(15-12-21-10-13-23(33)14-11-21)35-31(39)30-26-7-3-2-6-22(26)16-17-34-30/h2-11,13-14,24-25,28,30,34,36H,12,15-20H2,1H3,(H,35,39)/t24?,25?,28-,30?/m1/s1. The van der Waals surface area contributed by atoms with Crippen molar-refractivity contribution in [3.63, 3.8) is 0 Å². The van der Waals surface area contributed by atoms with E-state index in [4.69, 9.17) is 11.6 Å². The second kappa shape index (κ2) is 12.2. The SMILES string of the molecule is CS(=O)(=O)Nc1ccccc1N1CC2CC1CN2C(=O)[C@@H](CCc1ccc(Cl)cc1)NC(=O)C1NCCc2ccccc21. The molecular weight excluding hydrogens is 586 g/mol. The predicted octanol–water partition coefficient (Wildman–Crippen LogP) is 3.51. The number of benzene rings is 3. The summed E-state index contributed by atoms with van der Waals surface area (Å²) in [5.41, 5.74) is 4.48. The second-order valence-electron chi connectivity index (χ2n) is 11.6. The number of aryl methyl sites for hydroxylation is 1. The highest BCUT2D eigenvalue weighted by molar-refractivity contribution is 7.92. The molecule has 3 aliphatic heterocycles. The van der Waals surface area contributed by atoms with Crippen LogP contribution >= 0.6 is 11.6 Å². The number of nitrogens with zero attached hydrogens (tertiary/aromatic N) is 2. The van der Waals surface area contributed by atoms with Gasteiger partial charge in [-0.05, 0) is 66.6 Å². The fourth-order valence-corrected chi connectivity index (χ4v) is 7.35. The van der Waals surface area contributed by atoms with E-state index >= 15 is 0 Å². The average Bonchev–Trinajstić information content (AvgIpc) is 3.60. The quantitative estimate of drug-likeness (QED) is 0.337. The third-order valence-corrected chi connectivity index (χ3v) is 9.50. The van der Waals surface area contributed by atoms with E-state index in [9.17, 15) is 18.0 Å². The van der Waals surface area contributed by atoms with E-state index in [1.807, 2.05) is 59.5 Å². The normalized spacial score (nSPS) is 21.8. The van der Waals surface area contributed by atoms with Crippen molar-refractivity contribution in [1.82, 2.24) is 15.5 Å². The summed E-state index contributed by atoms with van der Waals surface area (Å²) >= 11 is 6.08. The molecule has 6 rings (SSSR count). The van der Waals surface area contributed by atoms with Gasteiger partial charge in [0.25, 0.3) is 0 Å². The first kappa shape index (κ1) is 29.5. The molecule has 11 heteroatoms. The van der Waals surface area contributed by atoms with Gasteiger partial charge in [-0.25, -0.2) is 8.42 Å². The van der Waals surface area contributed by atoms with Crippen LogP contribution in [0.5, 0.6) is 0 Å². The zero-order chi connectivity index (χ0) is 30.1. The minimum Gasteiger partial charge on any atom is -0.363 e. The smallest absolute Gasteiger partial charge is 0.245 e. The molecule has 3 aromatic carbocycles. The third-order valence-electron chi connectivity index (χ3n) is 8.65. The molecule has 3 aliphatic rings. The molecule has 0 aromatic heterocycles. The van der Waals surface area contributed by atoms with Crippen molar-refractivity contribution < 1.29 is 18.0 Å². The van der Waals surface area contributed by atoms with Gasteiger partial charge < -0.3 is 20.4 Å². The lowest BCUT2D eigenvalue weighted by molar-refractivity contribution is -0.138. The molecule has 3 heterocycles. The Kier molecular flexibility index (Phi) is 8.35. The van der Waals surface area contributed by atoms with Crippen LogP contribution in [0.4, 0.5) is 11.4 Å². The van der Waals surface area contributed by atoms with Gasteiger partial charge in [0.05, 0.1) is 23.7 Å². The Morgan fingerprint density at radius 2 is 1.74 bits per heavy atom. The highest BCUT2D eigenvalue weighted by Crippen LogP contribution is 2.38. The number of carbonyl (C=O) groups excluding carboxylic acids is 2. The first-order chi connectivity index (χ1) is 20.7. The number of fused-ring (bicyclic) bond motifs is 3. The molecule has 2 bridgehead atoms. The van der Waals surface area contributed by atoms with Gasteiger partial charge >= 0.3 is 0 Å². The van der Waals surface area contributed by atoms with Crippen molar-refractivity contribution in [2.24, 2.45) is 0 Å². The minimum absolute atomic E-state index is 0.0349. The topological polar surface area (TPSA) is 111 Å². The molecule has 0 saturated carbocycles. The Morgan fingerprint density at radius 3 is 2.49 bits per heavy atom. The van der Waals surface area contributed by atoms with Crippen LogP contribution < -0.4 is 20.3 Å². The van der Waals surface area contributed by atoms with Crippen molar-refractivity contribution in [3.05, 3.63) is 94.5 Å². The van der Waals surface area contributed by atoms with Crippen LogP contribution in [-0.4, -0.2) is 69.1 Å². The first-order valence-corrected chi connectivity index (χ1v) is 16.9. The number of piperazine rings is 1. The largest absolute Gasteiger partial charge is 0.363 e. The van der Waals surface area contributed by atoms with E-state index < -0.39 is 22.1 Å². The molecule has 2 fully saturated rings. The number of halogens is 1. The summed E-state index contributed by atoms with van der Waals surface area (Å²) in [6.07, 6.45) is 3.85. The van der Waals surface area contributed by atoms with Gasteiger partial charge in [-0.15, -0.1) is 0 Å². The van der Waals surface area contributed by atoms with Gasteiger partial charge in [0.1, 0.15) is 12.1 Å². The van der Waals surface area contributed by atoms with Crippen LogP contribution in [0.25, 0.3) is 0 Å².